The van der Waals surface area contributed by atoms with Crippen LogP contribution in [0.5, 0.6) is 0 Å². The molecular weight excluding hydrogens is 272 g/mol. The molecule has 2 aliphatic rings. The molecule has 1 aliphatic heterocycles. The van der Waals surface area contributed by atoms with Crippen molar-refractivity contribution in [1.29, 1.82) is 0 Å². The maximum absolute atomic E-state index is 12.2. The van der Waals surface area contributed by atoms with E-state index in [4.69, 9.17) is 4.74 Å². The molecule has 0 aromatic carbocycles. The maximum atomic E-state index is 12.2. The monoisotopic (exact) mass is 290 g/mol. The Labute approximate surface area is 121 Å². The number of aromatic amines is 1. The largest absolute Gasteiger partial charge is 0.385 e. The van der Waals surface area contributed by atoms with E-state index in [9.17, 15) is 9.90 Å². The summed E-state index contributed by atoms with van der Waals surface area (Å²) in [5, 5.41) is 15.0. The summed E-state index contributed by atoms with van der Waals surface area (Å²) in [6, 6.07) is 0.205. The molecule has 1 atom stereocenters. The lowest BCUT2D eigenvalue weighted by Crippen LogP contribution is -2.22. The topological polar surface area (TPSA) is 93.0 Å². The van der Waals surface area contributed by atoms with Crippen molar-refractivity contribution in [2.24, 2.45) is 5.92 Å². The summed E-state index contributed by atoms with van der Waals surface area (Å²) in [6.07, 6.45) is 4.59. The fourth-order valence-corrected chi connectivity index (χ4v) is 2.93. The molecule has 2 N–H and O–H groups in total. The van der Waals surface area contributed by atoms with E-state index in [2.05, 4.69) is 15.1 Å². The molecule has 1 aliphatic carbocycles. The minimum Gasteiger partial charge on any atom is -0.385 e. The lowest BCUT2D eigenvalue weighted by Gasteiger charge is -2.22. The summed E-state index contributed by atoms with van der Waals surface area (Å²) < 4.78 is 7.18. The second-order valence-corrected chi connectivity index (χ2v) is 5.90. The molecule has 1 saturated carbocycles. The lowest BCUT2D eigenvalue weighted by atomic mass is 10.1. The average Bonchev–Trinajstić information content (AvgIpc) is 3.27. The zero-order chi connectivity index (χ0) is 14.4. The van der Waals surface area contributed by atoms with Gasteiger partial charge in [-0.05, 0) is 31.6 Å². The van der Waals surface area contributed by atoms with Crippen molar-refractivity contribution in [3.05, 3.63) is 22.4 Å². The van der Waals surface area contributed by atoms with Crippen LogP contribution in [0.3, 0.4) is 0 Å². The van der Waals surface area contributed by atoms with E-state index >= 15 is 0 Å². The smallest absolute Gasteiger partial charge is 0.262 e. The van der Waals surface area contributed by atoms with E-state index in [0.29, 0.717) is 30.1 Å². The fourth-order valence-electron chi connectivity index (χ4n) is 2.93. The SMILES string of the molecule is O=c1[nH]c([C@@H](O)C2CC2)nc2c1cnn2C1CCOCC1. The van der Waals surface area contributed by atoms with Crippen molar-refractivity contribution < 1.29 is 9.84 Å². The zero-order valence-corrected chi connectivity index (χ0v) is 11.7. The Bertz CT molecular complexity index is 713. The highest BCUT2D eigenvalue weighted by Crippen LogP contribution is 2.39. The van der Waals surface area contributed by atoms with Crippen LogP contribution in [0.1, 0.15) is 43.7 Å². The number of aliphatic hydroxyl groups is 1. The van der Waals surface area contributed by atoms with E-state index < -0.39 is 6.10 Å². The zero-order valence-electron chi connectivity index (χ0n) is 11.7. The highest BCUT2D eigenvalue weighted by Gasteiger charge is 2.33. The van der Waals surface area contributed by atoms with Gasteiger partial charge in [0.25, 0.3) is 5.56 Å². The molecule has 0 radical (unpaired) electrons. The van der Waals surface area contributed by atoms with Gasteiger partial charge in [-0.3, -0.25) is 4.79 Å². The van der Waals surface area contributed by atoms with Crippen molar-refractivity contribution in [1.82, 2.24) is 19.7 Å². The third-order valence-electron chi connectivity index (χ3n) is 4.37. The highest BCUT2D eigenvalue weighted by molar-refractivity contribution is 5.73. The van der Waals surface area contributed by atoms with Crippen LogP contribution in [0.15, 0.2) is 11.0 Å². The Morgan fingerprint density at radius 1 is 1.33 bits per heavy atom. The third kappa shape index (κ3) is 2.26. The number of nitrogens with zero attached hydrogens (tertiary/aromatic N) is 3. The summed E-state index contributed by atoms with van der Waals surface area (Å²) in [4.78, 5) is 19.3. The van der Waals surface area contributed by atoms with E-state index in [1.807, 2.05) is 4.68 Å². The van der Waals surface area contributed by atoms with Gasteiger partial charge in [-0.25, -0.2) is 9.67 Å². The van der Waals surface area contributed by atoms with Gasteiger partial charge in [0.15, 0.2) is 5.65 Å². The van der Waals surface area contributed by atoms with Gasteiger partial charge in [0.05, 0.1) is 12.2 Å². The highest BCUT2D eigenvalue weighted by atomic mass is 16.5. The first-order valence-corrected chi connectivity index (χ1v) is 7.47. The van der Waals surface area contributed by atoms with Gasteiger partial charge in [0, 0.05) is 13.2 Å². The summed E-state index contributed by atoms with van der Waals surface area (Å²) in [5.41, 5.74) is 0.341. The van der Waals surface area contributed by atoms with Gasteiger partial charge in [0.1, 0.15) is 17.3 Å². The van der Waals surface area contributed by atoms with E-state index in [1.54, 1.807) is 6.20 Å². The number of aliphatic hydroxyl groups excluding tert-OH is 1. The first kappa shape index (κ1) is 13.0. The van der Waals surface area contributed by atoms with Gasteiger partial charge in [0.2, 0.25) is 0 Å². The predicted octanol–water partition coefficient (Wildman–Crippen LogP) is 0.914. The Balaban J connectivity index is 1.79. The normalized spacial score (nSPS) is 21.8. The second-order valence-electron chi connectivity index (χ2n) is 5.90. The molecule has 0 amide bonds. The van der Waals surface area contributed by atoms with Crippen LogP contribution in [0.2, 0.25) is 0 Å². The first-order chi connectivity index (χ1) is 10.2. The van der Waals surface area contributed by atoms with Crippen LogP contribution in [0, 0.1) is 5.92 Å². The molecule has 2 aromatic rings. The Morgan fingerprint density at radius 2 is 2.10 bits per heavy atom. The van der Waals surface area contributed by atoms with Gasteiger partial charge in [-0.2, -0.15) is 5.10 Å². The molecule has 0 unspecified atom stereocenters. The van der Waals surface area contributed by atoms with Crippen molar-refractivity contribution in [3.8, 4) is 0 Å². The molecule has 1 saturated heterocycles. The van der Waals surface area contributed by atoms with Gasteiger partial charge < -0.3 is 14.8 Å². The van der Waals surface area contributed by atoms with Crippen molar-refractivity contribution in [2.45, 2.75) is 37.8 Å². The van der Waals surface area contributed by atoms with E-state index in [-0.39, 0.29) is 17.5 Å². The molecule has 7 heteroatoms. The van der Waals surface area contributed by atoms with Crippen LogP contribution in [-0.4, -0.2) is 38.1 Å². The molecule has 4 rings (SSSR count). The minimum absolute atomic E-state index is 0.205. The summed E-state index contributed by atoms with van der Waals surface area (Å²) in [7, 11) is 0. The number of nitrogens with one attached hydrogen (secondary N) is 1. The number of fused-ring (bicyclic) bond motifs is 1. The number of hydrogen-bond donors (Lipinski definition) is 2. The van der Waals surface area contributed by atoms with Crippen molar-refractivity contribution in [3.63, 3.8) is 0 Å². The summed E-state index contributed by atoms with van der Waals surface area (Å²) >= 11 is 0. The van der Waals surface area contributed by atoms with E-state index in [0.717, 1.165) is 25.7 Å². The molecule has 112 valence electrons. The molecule has 3 heterocycles. The molecule has 0 spiro atoms. The molecule has 0 bridgehead atoms. The maximum Gasteiger partial charge on any atom is 0.262 e. The van der Waals surface area contributed by atoms with Gasteiger partial charge >= 0.3 is 0 Å². The van der Waals surface area contributed by atoms with Gasteiger partial charge in [-0.1, -0.05) is 0 Å². The third-order valence-corrected chi connectivity index (χ3v) is 4.37. The Kier molecular flexibility index (Phi) is 3.04. The molecule has 21 heavy (non-hydrogen) atoms. The summed E-state index contributed by atoms with van der Waals surface area (Å²) in [6.45, 7) is 1.40. The molecule has 2 aromatic heterocycles. The first-order valence-electron chi connectivity index (χ1n) is 7.47. The number of aromatic nitrogens is 4. The number of ether oxygens (including phenoxy) is 1. The molecule has 2 fully saturated rings. The molecule has 7 nitrogen and oxygen atoms in total. The van der Waals surface area contributed by atoms with Gasteiger partial charge in [-0.15, -0.1) is 0 Å². The van der Waals surface area contributed by atoms with E-state index in [1.165, 1.54) is 0 Å². The minimum atomic E-state index is -0.680. The average molecular weight is 290 g/mol. The molecular formula is C14H18N4O3. The van der Waals surface area contributed by atoms with Crippen LogP contribution in [0.25, 0.3) is 11.0 Å². The Morgan fingerprint density at radius 3 is 2.81 bits per heavy atom. The fraction of sp³-hybridized carbons (Fsp3) is 0.643. The number of H-pyrrole nitrogens is 1. The van der Waals surface area contributed by atoms with Crippen molar-refractivity contribution in [2.75, 3.05) is 13.2 Å². The van der Waals surface area contributed by atoms with Crippen molar-refractivity contribution >= 4 is 11.0 Å². The number of hydrogen-bond acceptors (Lipinski definition) is 5. The van der Waals surface area contributed by atoms with Crippen LogP contribution >= 0.6 is 0 Å². The van der Waals surface area contributed by atoms with Crippen LogP contribution < -0.4 is 5.56 Å². The summed E-state index contributed by atoms with van der Waals surface area (Å²) in [5.74, 6) is 0.592. The van der Waals surface area contributed by atoms with Crippen LogP contribution in [-0.2, 0) is 4.74 Å². The standard InChI is InChI=1S/C14H18N4O3/c19-11(8-1-2-8)12-16-13-10(14(20)17-12)7-15-18(13)9-3-5-21-6-4-9/h7-9,11,19H,1-6H2,(H,16,17,20)/t11-/m0/s1. The predicted molar refractivity (Wildman–Crippen MR) is 74.9 cm³/mol. The quantitative estimate of drug-likeness (QED) is 0.876. The lowest BCUT2D eigenvalue weighted by molar-refractivity contribution is 0.0672. The Hall–Kier alpha value is -1.73. The van der Waals surface area contributed by atoms with Crippen LogP contribution in [0.4, 0.5) is 0 Å². The second kappa shape index (κ2) is 4.92. The number of rotatable bonds is 3.